The first-order valence-corrected chi connectivity index (χ1v) is 29.3. The summed E-state index contributed by atoms with van der Waals surface area (Å²) in [6, 6.07) is 0. The van der Waals surface area contributed by atoms with Crippen molar-refractivity contribution < 1.29 is 90.8 Å². The predicted molar refractivity (Wildman–Crippen MR) is 259 cm³/mol. The number of aliphatic hydroxyl groups excluding tert-OH is 1. The molecule has 19 nitrogen and oxygen atoms in total. The largest absolute Gasteiger partial charge is 0.459 e. The Morgan fingerprint density at radius 2 is 1.22 bits per heavy atom. The topological polar surface area (TPSA) is 205 Å². The van der Waals surface area contributed by atoms with Crippen molar-refractivity contribution in [2.75, 3.05) is 0 Å². The van der Waals surface area contributed by atoms with Crippen LogP contribution in [0.1, 0.15) is 137 Å². The number of carbonyl (C=O) groups excluding carboxylic acids is 1. The zero-order valence-electron chi connectivity index (χ0n) is 44.7. The van der Waals surface area contributed by atoms with Gasteiger partial charge in [-0.1, -0.05) is 40.9 Å². The maximum atomic E-state index is 14.5. The normalized spacial score (nSPS) is 60.2. The Morgan fingerprint density at radius 1 is 0.513 bits per heavy atom. The number of hydrogen-bond acceptors (Lipinski definition) is 19. The van der Waals surface area contributed by atoms with Crippen molar-refractivity contribution in [2.24, 2.45) is 23.7 Å². The summed E-state index contributed by atoms with van der Waals surface area (Å²) in [5.74, 6) is -4.76. The third kappa shape index (κ3) is 8.38. The molecule has 0 radical (unpaired) electrons. The molecule has 0 aromatic rings. The van der Waals surface area contributed by atoms with E-state index in [4.69, 9.17) is 75.8 Å². The van der Waals surface area contributed by atoms with Gasteiger partial charge in [-0.3, -0.25) is 4.79 Å². The summed E-state index contributed by atoms with van der Waals surface area (Å²) >= 11 is 0. The summed E-state index contributed by atoms with van der Waals surface area (Å²) in [6.07, 6.45) is -0.826. The zero-order chi connectivity index (χ0) is 51.9. The van der Waals surface area contributed by atoms with Crippen molar-refractivity contribution in [1.82, 2.24) is 0 Å². The minimum absolute atomic E-state index is 0.0233. The molecule has 12 bridgehead atoms. The molecule has 16 aliphatic rings. The summed E-state index contributed by atoms with van der Waals surface area (Å²) < 4.78 is 108. The standard InChI is InChI=1S/C57H80O19/c1-24-14-31-8-10-34-25(2)15-33(62-34)12-13-54-23-57(60)51(75-54)50-49(74-57)48(73-54)47-35(66-50)11-9-32(64-47)16-42(58)68-46-29(6)45-39(65-38(46)17-36(63-31)28(24)5)18-37-40(67-45)21-56(70-37)22-41-43(72-56)26(3)19-55(71-41)20-27(4)44-53(76-55)69-52(59)30(7)61-44/h24,26-27,29-41,43-53,59-60H,2,5,8-23H2,1,3-4,6-7H3/t24-,26+,27+,29+,30-,31+,32-,33+,34+,35+,36?,37-,38+,39+,40-,41+,43+,44?,45+,46-,47+,48+,49?,50?,51+,52-,53-,54-,55-,56+,57?/m1/s1. The Hall–Kier alpha value is -1.73. The van der Waals surface area contributed by atoms with E-state index >= 15 is 0 Å². The monoisotopic (exact) mass is 1070 g/mol. The molecule has 16 aliphatic heterocycles. The highest BCUT2D eigenvalue weighted by Crippen LogP contribution is 2.59. The molecule has 0 saturated carbocycles. The first kappa shape index (κ1) is 51.2. The first-order valence-electron chi connectivity index (χ1n) is 29.3. The lowest BCUT2D eigenvalue weighted by atomic mass is 9.79. The number of fused-ring (bicyclic) bond motifs is 10. The van der Waals surface area contributed by atoms with Crippen LogP contribution in [0.25, 0.3) is 0 Å². The minimum atomic E-state index is -1.54. The molecule has 2 N–H and O–H groups in total. The van der Waals surface area contributed by atoms with Crippen LogP contribution < -0.4 is 0 Å². The van der Waals surface area contributed by atoms with Gasteiger partial charge >= 0.3 is 5.97 Å². The van der Waals surface area contributed by atoms with E-state index < -0.39 is 96.8 Å². The molecule has 16 fully saturated rings. The average molecular weight is 1070 g/mol. The van der Waals surface area contributed by atoms with Crippen molar-refractivity contribution in [3.8, 4) is 0 Å². The summed E-state index contributed by atoms with van der Waals surface area (Å²) in [7, 11) is 0. The van der Waals surface area contributed by atoms with Gasteiger partial charge in [-0.2, -0.15) is 0 Å². The van der Waals surface area contributed by atoms with Gasteiger partial charge < -0.3 is 86.0 Å². The van der Waals surface area contributed by atoms with E-state index in [9.17, 15) is 15.0 Å². The predicted octanol–water partition coefficient (Wildman–Crippen LogP) is 5.06. The van der Waals surface area contributed by atoms with Crippen LogP contribution in [0.3, 0.4) is 0 Å². The molecule has 16 saturated heterocycles. The molecule has 0 aromatic carbocycles. The fourth-order valence-corrected chi connectivity index (χ4v) is 17.3. The van der Waals surface area contributed by atoms with Crippen molar-refractivity contribution in [2.45, 2.75) is 301 Å². The SMILES string of the molecule is C=C1C2C[C@@H]3O[C@H]4C[C@H]5O[C@@]6(C[C@@H]7O[C@]8(C[C@H](C)C9O[C@H](C)[C@H](O)O[C@@H]9O8)C[C@H](C)[C@@H]7O6)C[C@H]5O[C@H]4[C@H](C)[C@H]3OC(=O)C[C@H]3CC[C@@H]4OC5C6OC7(O)C[C@](CC[C@H]8CC(=C)[C@H](CC[C@@H](C[C@H]1C)O2)O8)(O[C@H]6[C@H]4O3)O[C@@H]57. The lowest BCUT2D eigenvalue weighted by Crippen LogP contribution is -2.63. The molecule has 16 heterocycles. The number of carbonyl (C=O) groups is 1. The average Bonchev–Trinajstić information content (AvgIpc) is 4.33. The fraction of sp³-hybridized carbons (Fsp3) is 0.912. The zero-order valence-corrected chi connectivity index (χ0v) is 44.7. The minimum Gasteiger partial charge on any atom is -0.459 e. The van der Waals surface area contributed by atoms with Gasteiger partial charge in [-0.15, -0.1) is 0 Å². The fourth-order valence-electron chi connectivity index (χ4n) is 17.3. The van der Waals surface area contributed by atoms with E-state index in [0.29, 0.717) is 64.2 Å². The molecule has 0 amide bonds. The Kier molecular flexibility index (Phi) is 12.4. The second kappa shape index (κ2) is 18.4. The lowest BCUT2D eigenvalue weighted by molar-refractivity contribution is -0.439. The molecule has 76 heavy (non-hydrogen) atoms. The van der Waals surface area contributed by atoms with Crippen LogP contribution in [0, 0.1) is 23.7 Å². The van der Waals surface area contributed by atoms with Crippen LogP contribution in [-0.4, -0.2) is 180 Å². The van der Waals surface area contributed by atoms with Crippen LogP contribution in [0.4, 0.5) is 0 Å². The molecular weight excluding hydrogens is 989 g/mol. The molecule has 16 rings (SSSR count). The van der Waals surface area contributed by atoms with Crippen LogP contribution in [-0.2, 0) is 80.6 Å². The molecule has 5 unspecified atom stereocenters. The Morgan fingerprint density at radius 3 is 2.08 bits per heavy atom. The van der Waals surface area contributed by atoms with E-state index in [1.54, 1.807) is 0 Å². The lowest BCUT2D eigenvalue weighted by Gasteiger charge is -2.54. The van der Waals surface area contributed by atoms with Crippen molar-refractivity contribution >= 4 is 5.97 Å². The van der Waals surface area contributed by atoms with Gasteiger partial charge in [0.25, 0.3) is 0 Å². The number of hydrogen-bond donors (Lipinski definition) is 2. The third-order valence-corrected chi connectivity index (χ3v) is 21.0. The smallest absolute Gasteiger partial charge is 0.308 e. The summed E-state index contributed by atoms with van der Waals surface area (Å²) in [4.78, 5) is 14.5. The summed E-state index contributed by atoms with van der Waals surface area (Å²) in [6.45, 7) is 19.5. The molecule has 19 heteroatoms. The van der Waals surface area contributed by atoms with Gasteiger partial charge in [0, 0.05) is 50.9 Å². The molecule has 422 valence electrons. The maximum Gasteiger partial charge on any atom is 0.308 e. The Labute approximate surface area is 444 Å². The van der Waals surface area contributed by atoms with Gasteiger partial charge in [0.05, 0.1) is 92.2 Å². The number of esters is 1. The Bertz CT molecular complexity index is 2310. The summed E-state index contributed by atoms with van der Waals surface area (Å²) in [5.41, 5.74) is 2.09. The maximum absolute atomic E-state index is 14.5. The summed E-state index contributed by atoms with van der Waals surface area (Å²) in [5, 5.41) is 22.4. The second-order valence-corrected chi connectivity index (χ2v) is 26.4. The number of ether oxygens (including phenoxy) is 16. The Balaban J connectivity index is 0.675. The van der Waals surface area contributed by atoms with Crippen molar-refractivity contribution in [3.05, 3.63) is 24.3 Å². The van der Waals surface area contributed by atoms with Gasteiger partial charge in [0.15, 0.2) is 29.9 Å². The number of aliphatic hydroxyl groups is 2. The molecular formula is C57H80O19. The van der Waals surface area contributed by atoms with Gasteiger partial charge in [0.2, 0.25) is 5.79 Å². The third-order valence-electron chi connectivity index (χ3n) is 21.0. The highest BCUT2D eigenvalue weighted by atomic mass is 16.8. The van der Waals surface area contributed by atoms with Crippen molar-refractivity contribution in [1.29, 1.82) is 0 Å². The highest BCUT2D eigenvalue weighted by Gasteiger charge is 2.75. The van der Waals surface area contributed by atoms with Gasteiger partial charge in [-0.05, 0) is 80.8 Å². The highest BCUT2D eigenvalue weighted by molar-refractivity contribution is 5.70. The van der Waals surface area contributed by atoms with Crippen LogP contribution in [0.5, 0.6) is 0 Å². The molecule has 0 aliphatic carbocycles. The van der Waals surface area contributed by atoms with Gasteiger partial charge in [0.1, 0.15) is 48.8 Å². The van der Waals surface area contributed by atoms with Crippen LogP contribution >= 0.6 is 0 Å². The van der Waals surface area contributed by atoms with Crippen molar-refractivity contribution in [3.63, 3.8) is 0 Å². The van der Waals surface area contributed by atoms with Crippen LogP contribution in [0.15, 0.2) is 24.3 Å². The molecule has 3 spiro atoms. The second-order valence-electron chi connectivity index (χ2n) is 26.4. The molecule has 31 atom stereocenters. The first-order chi connectivity index (χ1) is 36.4. The van der Waals surface area contributed by atoms with Gasteiger partial charge in [-0.25, -0.2) is 0 Å². The van der Waals surface area contributed by atoms with E-state index in [-0.39, 0.29) is 110 Å². The van der Waals surface area contributed by atoms with E-state index in [1.165, 1.54) is 0 Å². The number of rotatable bonds is 0. The van der Waals surface area contributed by atoms with E-state index in [0.717, 1.165) is 36.8 Å². The van der Waals surface area contributed by atoms with E-state index in [1.807, 2.05) is 6.92 Å². The quantitative estimate of drug-likeness (QED) is 0.240. The van der Waals surface area contributed by atoms with Crippen LogP contribution in [0.2, 0.25) is 0 Å². The van der Waals surface area contributed by atoms with E-state index in [2.05, 4.69) is 40.9 Å². The molecule has 0 aromatic heterocycles.